The Morgan fingerprint density at radius 1 is 0.405 bits per heavy atom. The number of aromatic hydroxyl groups is 2. The number of benzene rings is 5. The SMILES string of the molecule is O=C1c2c(O)c3c(c(O)c2C(=O)[C@H]2C4c5ccccc5C(c5ccccc54)[C@@H]12)C1c2ccccc2C3c2ccccc21. The molecule has 0 spiro atoms. The van der Waals surface area contributed by atoms with Crippen LogP contribution in [0.1, 0.15) is 100 Å². The molecule has 0 saturated heterocycles. The molecule has 2 atom stereocenters. The number of phenolic OH excluding ortho intramolecular Hbond substituents is 2. The molecular weight excluding hydrogens is 520 g/mol. The van der Waals surface area contributed by atoms with E-state index in [0.29, 0.717) is 11.1 Å². The number of Topliss-reactive ketones (excluding diaryl/α,β-unsaturated/α-hetero) is 2. The molecule has 12 rings (SSSR count). The van der Waals surface area contributed by atoms with Crippen LogP contribution in [0.5, 0.6) is 11.5 Å². The van der Waals surface area contributed by atoms with Crippen LogP contribution in [0.2, 0.25) is 0 Å². The summed E-state index contributed by atoms with van der Waals surface area (Å²) in [6.45, 7) is 0. The highest BCUT2D eigenvalue weighted by molar-refractivity contribution is 6.21. The Kier molecular flexibility index (Phi) is 4.03. The third-order valence-electron chi connectivity index (χ3n) is 10.9. The van der Waals surface area contributed by atoms with E-state index in [9.17, 15) is 19.8 Å². The maximum absolute atomic E-state index is 14.7. The Morgan fingerprint density at radius 2 is 0.667 bits per heavy atom. The predicted molar refractivity (Wildman–Crippen MR) is 157 cm³/mol. The Bertz CT molecular complexity index is 1860. The van der Waals surface area contributed by atoms with Crippen LogP contribution in [0, 0.1) is 11.8 Å². The number of carbonyl (C=O) groups is 2. The van der Waals surface area contributed by atoms with E-state index in [2.05, 4.69) is 48.5 Å². The Balaban J connectivity index is 1.27. The third kappa shape index (κ3) is 2.36. The van der Waals surface area contributed by atoms with Crippen LogP contribution in [0.4, 0.5) is 0 Å². The first-order chi connectivity index (χ1) is 20.6. The van der Waals surface area contributed by atoms with Gasteiger partial charge in [-0.2, -0.15) is 0 Å². The minimum atomic E-state index is -0.636. The molecule has 4 bridgehead atoms. The van der Waals surface area contributed by atoms with Crippen molar-refractivity contribution in [2.45, 2.75) is 23.7 Å². The molecule has 0 unspecified atom stereocenters. The fourth-order valence-corrected chi connectivity index (χ4v) is 9.50. The van der Waals surface area contributed by atoms with Crippen molar-refractivity contribution in [1.82, 2.24) is 0 Å². The lowest BCUT2D eigenvalue weighted by Gasteiger charge is -2.51. The Morgan fingerprint density at radius 3 is 0.952 bits per heavy atom. The fraction of sp³-hybridized carbons (Fsp3) is 0.158. The Labute approximate surface area is 241 Å². The summed E-state index contributed by atoms with van der Waals surface area (Å²) in [6, 6.07) is 32.5. The van der Waals surface area contributed by atoms with E-state index in [1.807, 2.05) is 48.5 Å². The van der Waals surface area contributed by atoms with Gasteiger partial charge in [-0.15, -0.1) is 0 Å². The highest BCUT2D eigenvalue weighted by Crippen LogP contribution is 2.66. The lowest BCUT2D eigenvalue weighted by molar-refractivity contribution is 0.0658. The summed E-state index contributed by atoms with van der Waals surface area (Å²) in [4.78, 5) is 29.5. The molecule has 200 valence electrons. The highest BCUT2D eigenvalue weighted by Gasteiger charge is 2.60. The molecule has 42 heavy (non-hydrogen) atoms. The normalized spacial score (nSPS) is 26.4. The van der Waals surface area contributed by atoms with Gasteiger partial charge in [-0.1, -0.05) is 97.1 Å². The van der Waals surface area contributed by atoms with Gasteiger partial charge < -0.3 is 10.2 Å². The van der Waals surface area contributed by atoms with Gasteiger partial charge >= 0.3 is 0 Å². The lowest BCUT2D eigenvalue weighted by atomic mass is 9.49. The van der Waals surface area contributed by atoms with E-state index >= 15 is 0 Å². The van der Waals surface area contributed by atoms with Crippen LogP contribution in [-0.4, -0.2) is 21.8 Å². The second-order valence-electron chi connectivity index (χ2n) is 12.4. The second kappa shape index (κ2) is 7.46. The van der Waals surface area contributed by atoms with Crippen molar-refractivity contribution in [3.05, 3.63) is 164 Å². The molecule has 5 aromatic carbocycles. The predicted octanol–water partition coefficient (Wildman–Crippen LogP) is 6.99. The number of hydrogen-bond acceptors (Lipinski definition) is 4. The molecule has 5 aromatic rings. The maximum atomic E-state index is 14.7. The van der Waals surface area contributed by atoms with Gasteiger partial charge in [0.1, 0.15) is 11.5 Å². The molecule has 0 saturated carbocycles. The molecule has 2 N–H and O–H groups in total. The number of ketones is 2. The van der Waals surface area contributed by atoms with Gasteiger partial charge in [0.25, 0.3) is 0 Å². The monoisotopic (exact) mass is 544 g/mol. The first-order valence-corrected chi connectivity index (χ1v) is 14.6. The molecule has 0 heterocycles. The number of phenols is 2. The van der Waals surface area contributed by atoms with Crippen LogP contribution in [-0.2, 0) is 0 Å². The van der Waals surface area contributed by atoms with Crippen LogP contribution >= 0.6 is 0 Å². The van der Waals surface area contributed by atoms with Crippen molar-refractivity contribution in [3.63, 3.8) is 0 Å². The first kappa shape index (κ1) is 22.7. The zero-order valence-corrected chi connectivity index (χ0v) is 22.4. The van der Waals surface area contributed by atoms with Gasteiger partial charge in [-0.05, 0) is 44.5 Å². The van der Waals surface area contributed by atoms with Crippen molar-refractivity contribution in [2.24, 2.45) is 11.8 Å². The zero-order chi connectivity index (χ0) is 28.0. The van der Waals surface area contributed by atoms with Crippen molar-refractivity contribution in [3.8, 4) is 11.5 Å². The van der Waals surface area contributed by atoms with Crippen LogP contribution in [0.15, 0.2) is 97.1 Å². The largest absolute Gasteiger partial charge is 0.507 e. The number of carbonyl (C=O) groups excluding carboxylic acids is 2. The van der Waals surface area contributed by atoms with E-state index < -0.39 is 11.8 Å². The molecule has 0 aromatic heterocycles. The van der Waals surface area contributed by atoms with Crippen LogP contribution in [0.3, 0.4) is 0 Å². The molecule has 0 fully saturated rings. The van der Waals surface area contributed by atoms with Crippen molar-refractivity contribution in [1.29, 1.82) is 0 Å². The quantitative estimate of drug-likeness (QED) is 0.202. The minimum Gasteiger partial charge on any atom is -0.507 e. The summed E-state index contributed by atoms with van der Waals surface area (Å²) in [5.41, 5.74) is 9.71. The summed E-state index contributed by atoms with van der Waals surface area (Å²) in [5.74, 6) is -3.28. The summed E-state index contributed by atoms with van der Waals surface area (Å²) in [6.07, 6.45) is 0. The van der Waals surface area contributed by atoms with Gasteiger partial charge in [0, 0.05) is 46.6 Å². The zero-order valence-electron chi connectivity index (χ0n) is 22.4. The highest BCUT2D eigenvalue weighted by atomic mass is 16.3. The van der Waals surface area contributed by atoms with E-state index in [-0.39, 0.29) is 57.9 Å². The summed E-state index contributed by atoms with van der Waals surface area (Å²) >= 11 is 0. The minimum absolute atomic E-state index is 0.00234. The number of hydrogen-bond donors (Lipinski definition) is 2. The molecule has 7 aliphatic rings. The standard InChI is InChI=1S/C38H24O4/c39-35-29-25-17-9-1-2-10-18(17)26(20-12-4-3-11-19(20)25)30(29)36(40)34-33(35)37(41)31-27-21-13-5-7-15-23(21)28(32(31)38(34)42)24-16-8-6-14-22(24)27/h1-16,25-30,41-42H/t25?,26?,27?,28?,29-,30+. The number of rotatable bonds is 0. The molecule has 0 amide bonds. The Hall–Kier alpha value is -4.96. The molecule has 0 aliphatic heterocycles. The van der Waals surface area contributed by atoms with Crippen LogP contribution < -0.4 is 0 Å². The van der Waals surface area contributed by atoms with Gasteiger partial charge in [0.15, 0.2) is 11.6 Å². The van der Waals surface area contributed by atoms with Crippen LogP contribution in [0.25, 0.3) is 0 Å². The lowest BCUT2D eigenvalue weighted by Crippen LogP contribution is -2.50. The third-order valence-corrected chi connectivity index (χ3v) is 10.9. The molecule has 0 radical (unpaired) electrons. The van der Waals surface area contributed by atoms with Crippen molar-refractivity contribution < 1.29 is 19.8 Å². The van der Waals surface area contributed by atoms with Gasteiger partial charge in [-0.3, -0.25) is 9.59 Å². The van der Waals surface area contributed by atoms with E-state index in [1.165, 1.54) is 0 Å². The molecule has 7 aliphatic carbocycles. The summed E-state index contributed by atoms with van der Waals surface area (Å²) in [7, 11) is 0. The number of fused-ring (bicyclic) bond motifs is 1. The summed E-state index contributed by atoms with van der Waals surface area (Å²) < 4.78 is 0. The van der Waals surface area contributed by atoms with Crippen molar-refractivity contribution >= 4 is 11.6 Å². The topological polar surface area (TPSA) is 74.6 Å². The summed E-state index contributed by atoms with van der Waals surface area (Å²) in [5, 5.41) is 24.3. The van der Waals surface area contributed by atoms with Gasteiger partial charge in [-0.25, -0.2) is 0 Å². The molecule has 4 heteroatoms. The maximum Gasteiger partial charge on any atom is 0.172 e. The van der Waals surface area contributed by atoms with Gasteiger partial charge in [0.05, 0.1) is 11.1 Å². The van der Waals surface area contributed by atoms with E-state index in [1.54, 1.807) is 0 Å². The second-order valence-corrected chi connectivity index (χ2v) is 12.4. The fourth-order valence-electron chi connectivity index (χ4n) is 9.50. The van der Waals surface area contributed by atoms with Gasteiger partial charge in [0.2, 0.25) is 0 Å². The van der Waals surface area contributed by atoms with E-state index in [0.717, 1.165) is 44.5 Å². The smallest absolute Gasteiger partial charge is 0.172 e. The molecular formula is C38H24O4. The van der Waals surface area contributed by atoms with E-state index in [4.69, 9.17) is 0 Å². The van der Waals surface area contributed by atoms with Crippen molar-refractivity contribution in [2.75, 3.05) is 0 Å². The average molecular weight is 545 g/mol. The molecule has 4 nitrogen and oxygen atoms in total. The average Bonchev–Trinajstić information content (AvgIpc) is 3.04. The first-order valence-electron chi connectivity index (χ1n) is 14.6.